The quantitative estimate of drug-likeness (QED) is 0.830. The molecule has 1 aromatic rings. The number of benzene rings is 1. The normalized spacial score (nSPS) is 22.4. The molecule has 2 atom stereocenters. The maximum atomic E-state index is 11.5. The van der Waals surface area contributed by atoms with Crippen LogP contribution in [-0.4, -0.2) is 25.7 Å². The standard InChI is InChI=1S/C16H24N2O2/c1-11-9-12(16(19)20-2)7-8-14(11)18-15-6-4-3-5-13(15)10-17/h7-9,13,15,18H,3-6,10,17H2,1-2H3. The van der Waals surface area contributed by atoms with Gasteiger partial charge >= 0.3 is 5.97 Å². The van der Waals surface area contributed by atoms with Gasteiger partial charge in [-0.1, -0.05) is 12.8 Å². The molecule has 4 heteroatoms. The van der Waals surface area contributed by atoms with Crippen LogP contribution in [0.2, 0.25) is 0 Å². The summed E-state index contributed by atoms with van der Waals surface area (Å²) in [6.07, 6.45) is 4.90. The van der Waals surface area contributed by atoms with Crippen LogP contribution in [0.3, 0.4) is 0 Å². The summed E-state index contributed by atoms with van der Waals surface area (Å²) in [4.78, 5) is 11.5. The zero-order valence-corrected chi connectivity index (χ0v) is 12.3. The number of ether oxygens (including phenoxy) is 1. The first-order valence-corrected chi connectivity index (χ1v) is 7.31. The highest BCUT2D eigenvalue weighted by Gasteiger charge is 2.24. The summed E-state index contributed by atoms with van der Waals surface area (Å²) >= 11 is 0. The Morgan fingerprint density at radius 2 is 2.15 bits per heavy atom. The van der Waals surface area contributed by atoms with Crippen LogP contribution in [0.25, 0.3) is 0 Å². The second-order valence-corrected chi connectivity index (χ2v) is 5.55. The van der Waals surface area contributed by atoms with E-state index >= 15 is 0 Å². The number of methoxy groups -OCH3 is 1. The van der Waals surface area contributed by atoms with Crippen LogP contribution in [0.5, 0.6) is 0 Å². The van der Waals surface area contributed by atoms with Crippen molar-refractivity contribution in [1.29, 1.82) is 0 Å². The molecule has 2 rings (SSSR count). The molecule has 0 bridgehead atoms. The van der Waals surface area contributed by atoms with Crippen molar-refractivity contribution in [2.45, 2.75) is 38.6 Å². The maximum Gasteiger partial charge on any atom is 0.337 e. The third-order valence-electron chi connectivity index (χ3n) is 4.20. The van der Waals surface area contributed by atoms with Crippen LogP contribution in [-0.2, 0) is 4.74 Å². The van der Waals surface area contributed by atoms with E-state index < -0.39 is 0 Å². The Bertz CT molecular complexity index is 474. The van der Waals surface area contributed by atoms with Gasteiger partial charge in [-0.05, 0) is 56.0 Å². The van der Waals surface area contributed by atoms with Gasteiger partial charge in [-0.2, -0.15) is 0 Å². The van der Waals surface area contributed by atoms with E-state index in [-0.39, 0.29) is 5.97 Å². The molecule has 0 aliphatic heterocycles. The molecular formula is C16H24N2O2. The van der Waals surface area contributed by atoms with Crippen molar-refractivity contribution in [2.75, 3.05) is 19.0 Å². The topological polar surface area (TPSA) is 64.3 Å². The number of carbonyl (C=O) groups excluding carboxylic acids is 1. The Hall–Kier alpha value is -1.55. The molecule has 4 nitrogen and oxygen atoms in total. The van der Waals surface area contributed by atoms with Crippen molar-refractivity contribution >= 4 is 11.7 Å². The molecule has 0 heterocycles. The summed E-state index contributed by atoms with van der Waals surface area (Å²) in [6.45, 7) is 2.74. The fraction of sp³-hybridized carbons (Fsp3) is 0.562. The Balaban J connectivity index is 2.11. The number of rotatable bonds is 4. The van der Waals surface area contributed by atoms with E-state index in [4.69, 9.17) is 10.5 Å². The van der Waals surface area contributed by atoms with Gasteiger partial charge in [-0.15, -0.1) is 0 Å². The Labute approximate surface area is 120 Å². The molecule has 0 spiro atoms. The van der Waals surface area contributed by atoms with E-state index in [0.717, 1.165) is 17.8 Å². The van der Waals surface area contributed by atoms with Gasteiger partial charge in [0.05, 0.1) is 12.7 Å². The fourth-order valence-corrected chi connectivity index (χ4v) is 2.95. The average molecular weight is 276 g/mol. The molecule has 0 radical (unpaired) electrons. The highest BCUT2D eigenvalue weighted by Crippen LogP contribution is 2.28. The molecule has 1 aliphatic carbocycles. The van der Waals surface area contributed by atoms with Crippen molar-refractivity contribution in [2.24, 2.45) is 11.7 Å². The lowest BCUT2D eigenvalue weighted by Crippen LogP contribution is -2.36. The van der Waals surface area contributed by atoms with Crippen molar-refractivity contribution < 1.29 is 9.53 Å². The average Bonchev–Trinajstić information content (AvgIpc) is 2.49. The fourth-order valence-electron chi connectivity index (χ4n) is 2.95. The smallest absolute Gasteiger partial charge is 0.337 e. The molecule has 3 N–H and O–H groups in total. The van der Waals surface area contributed by atoms with Gasteiger partial charge < -0.3 is 15.8 Å². The number of nitrogens with one attached hydrogen (secondary N) is 1. The Morgan fingerprint density at radius 1 is 1.40 bits per heavy atom. The lowest BCUT2D eigenvalue weighted by Gasteiger charge is -2.32. The molecule has 1 aromatic carbocycles. The van der Waals surface area contributed by atoms with Gasteiger partial charge in [0.25, 0.3) is 0 Å². The first-order valence-electron chi connectivity index (χ1n) is 7.31. The molecule has 1 aliphatic rings. The number of anilines is 1. The predicted molar refractivity (Wildman–Crippen MR) is 80.9 cm³/mol. The van der Waals surface area contributed by atoms with Crippen LogP contribution in [0.4, 0.5) is 5.69 Å². The first-order chi connectivity index (χ1) is 9.65. The van der Waals surface area contributed by atoms with E-state index in [1.807, 2.05) is 19.1 Å². The summed E-state index contributed by atoms with van der Waals surface area (Å²) in [5.41, 5.74) is 8.61. The van der Waals surface area contributed by atoms with E-state index in [2.05, 4.69) is 5.32 Å². The number of hydrogen-bond acceptors (Lipinski definition) is 4. The molecule has 1 fully saturated rings. The van der Waals surface area contributed by atoms with Crippen LogP contribution in [0.15, 0.2) is 18.2 Å². The van der Waals surface area contributed by atoms with Crippen LogP contribution in [0.1, 0.15) is 41.6 Å². The van der Waals surface area contributed by atoms with Crippen LogP contribution in [0, 0.1) is 12.8 Å². The SMILES string of the molecule is COC(=O)c1ccc(NC2CCCCC2CN)c(C)c1. The van der Waals surface area contributed by atoms with Gasteiger partial charge in [0, 0.05) is 11.7 Å². The molecule has 0 saturated heterocycles. The van der Waals surface area contributed by atoms with Crippen molar-refractivity contribution in [3.8, 4) is 0 Å². The minimum Gasteiger partial charge on any atom is -0.465 e. The minimum absolute atomic E-state index is 0.294. The van der Waals surface area contributed by atoms with Crippen LogP contribution >= 0.6 is 0 Å². The molecule has 0 amide bonds. The third kappa shape index (κ3) is 3.31. The lowest BCUT2D eigenvalue weighted by atomic mass is 9.84. The number of hydrogen-bond donors (Lipinski definition) is 2. The van der Waals surface area contributed by atoms with Gasteiger partial charge in [-0.25, -0.2) is 4.79 Å². The minimum atomic E-state index is -0.294. The van der Waals surface area contributed by atoms with Gasteiger partial charge in [-0.3, -0.25) is 0 Å². The second-order valence-electron chi connectivity index (χ2n) is 5.55. The van der Waals surface area contributed by atoms with Gasteiger partial charge in [0.1, 0.15) is 0 Å². The second kappa shape index (κ2) is 6.75. The molecule has 2 unspecified atom stereocenters. The number of esters is 1. The lowest BCUT2D eigenvalue weighted by molar-refractivity contribution is 0.0600. The molecule has 1 saturated carbocycles. The molecule has 110 valence electrons. The van der Waals surface area contributed by atoms with E-state index in [1.54, 1.807) is 6.07 Å². The Morgan fingerprint density at radius 3 is 2.80 bits per heavy atom. The number of carbonyl (C=O) groups is 1. The number of aryl methyl sites for hydroxylation is 1. The van der Waals surface area contributed by atoms with E-state index in [1.165, 1.54) is 32.8 Å². The zero-order valence-electron chi connectivity index (χ0n) is 12.3. The largest absolute Gasteiger partial charge is 0.465 e. The molecular weight excluding hydrogens is 252 g/mol. The van der Waals surface area contributed by atoms with E-state index in [9.17, 15) is 4.79 Å². The summed E-state index contributed by atoms with van der Waals surface area (Å²) in [7, 11) is 1.40. The summed E-state index contributed by atoms with van der Waals surface area (Å²) in [5, 5.41) is 3.60. The highest BCUT2D eigenvalue weighted by molar-refractivity contribution is 5.90. The Kier molecular flexibility index (Phi) is 5.01. The van der Waals surface area contributed by atoms with Crippen molar-refractivity contribution in [3.63, 3.8) is 0 Å². The van der Waals surface area contributed by atoms with Crippen molar-refractivity contribution in [3.05, 3.63) is 29.3 Å². The van der Waals surface area contributed by atoms with Crippen molar-refractivity contribution in [1.82, 2.24) is 0 Å². The highest BCUT2D eigenvalue weighted by atomic mass is 16.5. The summed E-state index contributed by atoms with van der Waals surface area (Å²) in [5.74, 6) is 0.251. The molecule has 20 heavy (non-hydrogen) atoms. The van der Waals surface area contributed by atoms with Gasteiger partial charge in [0.2, 0.25) is 0 Å². The molecule has 0 aromatic heterocycles. The van der Waals surface area contributed by atoms with Gasteiger partial charge in [0.15, 0.2) is 0 Å². The third-order valence-corrected chi connectivity index (χ3v) is 4.20. The predicted octanol–water partition coefficient (Wildman–Crippen LogP) is 2.71. The number of nitrogens with two attached hydrogens (primary N) is 1. The summed E-state index contributed by atoms with van der Waals surface area (Å²) < 4.78 is 4.74. The van der Waals surface area contributed by atoms with Crippen LogP contribution < -0.4 is 11.1 Å². The monoisotopic (exact) mass is 276 g/mol. The van der Waals surface area contributed by atoms with E-state index in [0.29, 0.717) is 17.5 Å². The summed E-state index contributed by atoms with van der Waals surface area (Å²) in [6, 6.07) is 6.08. The zero-order chi connectivity index (χ0) is 14.5. The maximum absolute atomic E-state index is 11.5. The first kappa shape index (κ1) is 14.9.